The van der Waals surface area contributed by atoms with Crippen molar-refractivity contribution in [2.75, 3.05) is 38.0 Å². The summed E-state index contributed by atoms with van der Waals surface area (Å²) in [4.78, 5) is 31.5. The lowest BCUT2D eigenvalue weighted by Gasteiger charge is -2.34. The van der Waals surface area contributed by atoms with Gasteiger partial charge in [0.15, 0.2) is 0 Å². The Kier molecular flexibility index (Phi) is 6.38. The van der Waals surface area contributed by atoms with E-state index in [0.717, 1.165) is 18.7 Å². The molecular formula is C17H26N4O2. The lowest BCUT2D eigenvalue weighted by Crippen LogP contribution is -2.50. The third-order valence-corrected chi connectivity index (χ3v) is 4.10. The number of pyridine rings is 1. The molecule has 6 heteroatoms. The maximum absolute atomic E-state index is 12.4. The molecule has 0 saturated carbocycles. The molecule has 0 atom stereocenters. The van der Waals surface area contributed by atoms with Gasteiger partial charge in [0.05, 0.1) is 11.9 Å². The fraction of sp³-hybridized carbons (Fsp3) is 0.588. The average Bonchev–Trinajstić information content (AvgIpc) is 2.59. The molecule has 1 aromatic heterocycles. The van der Waals surface area contributed by atoms with Crippen molar-refractivity contribution in [2.45, 2.75) is 33.1 Å². The minimum atomic E-state index is -0.0641. The summed E-state index contributed by atoms with van der Waals surface area (Å²) in [6, 6.07) is 3.67. The predicted octanol–water partition coefficient (Wildman–Crippen LogP) is 1.99. The molecule has 0 spiro atoms. The second kappa shape index (κ2) is 8.50. The van der Waals surface area contributed by atoms with Gasteiger partial charge in [0, 0.05) is 39.6 Å². The summed E-state index contributed by atoms with van der Waals surface area (Å²) in [5, 5.41) is 3.31. The molecule has 0 aliphatic carbocycles. The molecule has 6 nitrogen and oxygen atoms in total. The van der Waals surface area contributed by atoms with Crippen molar-refractivity contribution >= 4 is 17.5 Å². The van der Waals surface area contributed by atoms with Gasteiger partial charge in [0.2, 0.25) is 5.91 Å². The first-order valence-corrected chi connectivity index (χ1v) is 8.36. The fourth-order valence-electron chi connectivity index (χ4n) is 2.62. The first kappa shape index (κ1) is 17.2. The Bertz CT molecular complexity index is 522. The zero-order valence-corrected chi connectivity index (χ0v) is 14.0. The molecule has 1 aliphatic rings. The number of nitrogens with one attached hydrogen (secondary N) is 1. The highest BCUT2D eigenvalue weighted by atomic mass is 16.2. The lowest BCUT2D eigenvalue weighted by molar-refractivity contribution is -0.130. The summed E-state index contributed by atoms with van der Waals surface area (Å²) in [5.74, 6) is -0.000501. The molecule has 0 radical (unpaired) electrons. The van der Waals surface area contributed by atoms with Gasteiger partial charge in [0.25, 0.3) is 5.91 Å². The zero-order valence-electron chi connectivity index (χ0n) is 14.0. The van der Waals surface area contributed by atoms with E-state index < -0.39 is 0 Å². The highest BCUT2D eigenvalue weighted by Gasteiger charge is 2.23. The smallest absolute Gasteiger partial charge is 0.272 e. The molecule has 0 aromatic carbocycles. The molecule has 1 saturated heterocycles. The Balaban J connectivity index is 1.84. The third-order valence-electron chi connectivity index (χ3n) is 4.10. The summed E-state index contributed by atoms with van der Waals surface area (Å²) in [5.41, 5.74) is 1.40. The van der Waals surface area contributed by atoms with Crippen LogP contribution in [0.2, 0.25) is 0 Å². The summed E-state index contributed by atoms with van der Waals surface area (Å²) in [7, 11) is 0. The molecule has 2 heterocycles. The first-order valence-electron chi connectivity index (χ1n) is 8.36. The van der Waals surface area contributed by atoms with Crippen molar-refractivity contribution in [1.82, 2.24) is 14.8 Å². The minimum absolute atomic E-state index is 0.0636. The normalized spacial score (nSPS) is 14.7. The molecule has 1 aromatic rings. The Labute approximate surface area is 137 Å². The van der Waals surface area contributed by atoms with Crippen LogP contribution in [0.3, 0.4) is 0 Å². The van der Waals surface area contributed by atoms with Crippen LogP contribution in [0.4, 0.5) is 5.69 Å². The standard InChI is InChI=1S/C17H26N4O2/c1-3-4-5-8-18-15-6-7-16(19-13-15)17(23)21-11-9-20(10-12-21)14(2)22/h6-7,13,18H,3-5,8-12H2,1-2H3. The van der Waals surface area contributed by atoms with Gasteiger partial charge in [-0.3, -0.25) is 9.59 Å². The van der Waals surface area contributed by atoms with E-state index >= 15 is 0 Å². The van der Waals surface area contributed by atoms with Crippen LogP contribution in [0.5, 0.6) is 0 Å². The average molecular weight is 318 g/mol. The fourth-order valence-corrected chi connectivity index (χ4v) is 2.62. The number of hydrogen-bond acceptors (Lipinski definition) is 4. The van der Waals surface area contributed by atoms with Gasteiger partial charge in [-0.2, -0.15) is 0 Å². The zero-order chi connectivity index (χ0) is 16.7. The molecular weight excluding hydrogens is 292 g/mol. The highest BCUT2D eigenvalue weighted by Crippen LogP contribution is 2.11. The predicted molar refractivity (Wildman–Crippen MR) is 90.4 cm³/mol. The van der Waals surface area contributed by atoms with E-state index in [2.05, 4.69) is 17.2 Å². The number of aromatic nitrogens is 1. The molecule has 2 amide bonds. The summed E-state index contributed by atoms with van der Waals surface area (Å²) >= 11 is 0. The van der Waals surface area contributed by atoms with Gasteiger partial charge >= 0.3 is 0 Å². The topological polar surface area (TPSA) is 65.5 Å². The minimum Gasteiger partial charge on any atom is -0.384 e. The molecule has 1 fully saturated rings. The van der Waals surface area contributed by atoms with Crippen LogP contribution in [0, 0.1) is 0 Å². The molecule has 0 bridgehead atoms. The Hall–Kier alpha value is -2.11. The number of nitrogens with zero attached hydrogens (tertiary/aromatic N) is 3. The van der Waals surface area contributed by atoms with E-state index in [4.69, 9.17) is 0 Å². The number of rotatable bonds is 6. The second-order valence-electron chi connectivity index (χ2n) is 5.86. The molecule has 1 aliphatic heterocycles. The summed E-state index contributed by atoms with van der Waals surface area (Å²) < 4.78 is 0. The lowest BCUT2D eigenvalue weighted by atomic mass is 10.2. The van der Waals surface area contributed by atoms with Gasteiger partial charge in [0.1, 0.15) is 5.69 Å². The maximum atomic E-state index is 12.4. The monoisotopic (exact) mass is 318 g/mol. The summed E-state index contributed by atoms with van der Waals surface area (Å²) in [6.07, 6.45) is 5.26. The van der Waals surface area contributed by atoms with Crippen molar-refractivity contribution in [1.29, 1.82) is 0 Å². The van der Waals surface area contributed by atoms with E-state index in [9.17, 15) is 9.59 Å². The summed E-state index contributed by atoms with van der Waals surface area (Å²) in [6.45, 7) is 6.99. The van der Waals surface area contributed by atoms with Crippen LogP contribution < -0.4 is 5.32 Å². The number of amides is 2. The quantitative estimate of drug-likeness (QED) is 0.815. The van der Waals surface area contributed by atoms with E-state index in [0.29, 0.717) is 31.9 Å². The highest BCUT2D eigenvalue weighted by molar-refractivity contribution is 5.92. The largest absolute Gasteiger partial charge is 0.384 e. The van der Waals surface area contributed by atoms with Crippen LogP contribution in [0.15, 0.2) is 18.3 Å². The second-order valence-corrected chi connectivity index (χ2v) is 5.86. The van der Waals surface area contributed by atoms with Crippen LogP contribution in [0.25, 0.3) is 0 Å². The van der Waals surface area contributed by atoms with Crippen LogP contribution in [-0.2, 0) is 4.79 Å². The number of carbonyl (C=O) groups is 2. The van der Waals surface area contributed by atoms with Crippen LogP contribution >= 0.6 is 0 Å². The molecule has 1 N–H and O–H groups in total. The van der Waals surface area contributed by atoms with E-state index in [-0.39, 0.29) is 11.8 Å². The van der Waals surface area contributed by atoms with Crippen LogP contribution in [0.1, 0.15) is 43.6 Å². The number of unbranched alkanes of at least 4 members (excludes halogenated alkanes) is 2. The molecule has 2 rings (SSSR count). The number of anilines is 1. The van der Waals surface area contributed by atoms with E-state index in [1.54, 1.807) is 29.0 Å². The van der Waals surface area contributed by atoms with Crippen molar-refractivity contribution in [2.24, 2.45) is 0 Å². The van der Waals surface area contributed by atoms with Gasteiger partial charge in [-0.25, -0.2) is 4.98 Å². The molecule has 126 valence electrons. The Morgan fingerprint density at radius 1 is 1.13 bits per heavy atom. The van der Waals surface area contributed by atoms with Gasteiger partial charge < -0.3 is 15.1 Å². The Morgan fingerprint density at radius 2 is 1.83 bits per heavy atom. The van der Waals surface area contributed by atoms with Crippen molar-refractivity contribution < 1.29 is 9.59 Å². The Morgan fingerprint density at radius 3 is 2.39 bits per heavy atom. The number of hydrogen-bond donors (Lipinski definition) is 1. The number of piperazine rings is 1. The van der Waals surface area contributed by atoms with E-state index in [1.165, 1.54) is 12.8 Å². The molecule has 23 heavy (non-hydrogen) atoms. The first-order chi connectivity index (χ1) is 11.1. The van der Waals surface area contributed by atoms with Gasteiger partial charge in [-0.1, -0.05) is 19.8 Å². The maximum Gasteiger partial charge on any atom is 0.272 e. The SMILES string of the molecule is CCCCCNc1ccc(C(=O)N2CCN(C(C)=O)CC2)nc1. The van der Waals surface area contributed by atoms with Gasteiger partial charge in [-0.15, -0.1) is 0 Å². The third kappa shape index (κ3) is 4.94. The van der Waals surface area contributed by atoms with Crippen molar-refractivity contribution in [3.8, 4) is 0 Å². The van der Waals surface area contributed by atoms with Gasteiger partial charge in [-0.05, 0) is 18.6 Å². The van der Waals surface area contributed by atoms with Crippen LogP contribution in [-0.4, -0.2) is 59.3 Å². The number of carbonyl (C=O) groups excluding carboxylic acids is 2. The van der Waals surface area contributed by atoms with Crippen molar-refractivity contribution in [3.63, 3.8) is 0 Å². The molecule has 0 unspecified atom stereocenters. The van der Waals surface area contributed by atoms with E-state index in [1.807, 2.05) is 6.07 Å². The van der Waals surface area contributed by atoms with Crippen molar-refractivity contribution in [3.05, 3.63) is 24.0 Å².